The fourth-order valence-electron chi connectivity index (χ4n) is 11.0. The van der Waals surface area contributed by atoms with E-state index in [9.17, 15) is 20.1 Å². The van der Waals surface area contributed by atoms with Gasteiger partial charge in [-0.05, 0) is 99.7 Å². The highest BCUT2D eigenvalue weighted by molar-refractivity contribution is 5.66. The third kappa shape index (κ3) is 3.39. The van der Waals surface area contributed by atoms with E-state index in [1.54, 1.807) is 0 Å². The van der Waals surface area contributed by atoms with Gasteiger partial charge in [-0.1, -0.05) is 20.8 Å². The molecule has 37 heavy (non-hydrogen) atoms. The molecule has 0 aromatic heterocycles. The molecule has 2 aliphatic heterocycles. The van der Waals surface area contributed by atoms with Gasteiger partial charge < -0.3 is 29.5 Å². The average Bonchev–Trinajstić information content (AvgIpc) is 3.26. The number of hydrogen-bond acceptors (Lipinski definition) is 7. The summed E-state index contributed by atoms with van der Waals surface area (Å²) in [5.74, 6) is -0.172. The second kappa shape index (κ2) is 7.93. The predicted octanol–water partition coefficient (Wildman–Crippen LogP) is 3.81. The molecule has 6 aliphatic rings. The van der Waals surface area contributed by atoms with Gasteiger partial charge in [0.1, 0.15) is 11.7 Å². The van der Waals surface area contributed by atoms with Crippen molar-refractivity contribution in [2.75, 3.05) is 0 Å². The van der Waals surface area contributed by atoms with Gasteiger partial charge in [0.05, 0.1) is 23.9 Å². The number of esters is 1. The van der Waals surface area contributed by atoms with Crippen LogP contribution in [-0.2, 0) is 19.0 Å². The summed E-state index contributed by atoms with van der Waals surface area (Å²) in [6.07, 6.45) is 3.63. The van der Waals surface area contributed by atoms with Crippen LogP contribution in [0.3, 0.4) is 0 Å². The number of hydrogen-bond donors (Lipinski definition) is 3. The molecule has 0 radical (unpaired) electrons. The van der Waals surface area contributed by atoms with Gasteiger partial charge in [0.15, 0.2) is 5.79 Å². The van der Waals surface area contributed by atoms with Crippen molar-refractivity contribution in [1.82, 2.24) is 0 Å². The van der Waals surface area contributed by atoms with Gasteiger partial charge >= 0.3 is 5.97 Å². The quantitative estimate of drug-likeness (QED) is 0.452. The Morgan fingerprint density at radius 1 is 0.946 bits per heavy atom. The molecule has 6 rings (SSSR count). The summed E-state index contributed by atoms with van der Waals surface area (Å²) >= 11 is 0. The fraction of sp³-hybridized carbons (Fsp3) is 0.967. The lowest BCUT2D eigenvalue weighted by Gasteiger charge is -2.63. The van der Waals surface area contributed by atoms with E-state index in [1.807, 2.05) is 6.92 Å². The zero-order chi connectivity index (χ0) is 26.9. The number of ether oxygens (including phenoxy) is 3. The molecule has 0 aromatic carbocycles. The minimum absolute atomic E-state index is 0.0781. The number of aliphatic hydroxyl groups is 3. The largest absolute Gasteiger partial charge is 0.460 e. The smallest absolute Gasteiger partial charge is 0.302 e. The Bertz CT molecular complexity index is 964. The molecule has 0 unspecified atom stereocenters. The molecule has 3 N–H and O–H groups in total. The maximum atomic E-state index is 12.2. The Balaban J connectivity index is 1.31. The van der Waals surface area contributed by atoms with Gasteiger partial charge in [-0.2, -0.15) is 0 Å². The number of carbonyl (C=O) groups excluding carboxylic acids is 1. The van der Waals surface area contributed by atoms with Crippen molar-refractivity contribution in [2.45, 2.75) is 135 Å². The Labute approximate surface area is 221 Å². The van der Waals surface area contributed by atoms with Crippen molar-refractivity contribution in [1.29, 1.82) is 0 Å². The Morgan fingerprint density at radius 3 is 2.27 bits per heavy atom. The molecule has 0 amide bonds. The Kier molecular flexibility index (Phi) is 5.68. The van der Waals surface area contributed by atoms with Gasteiger partial charge in [0, 0.05) is 19.3 Å². The summed E-state index contributed by atoms with van der Waals surface area (Å²) in [5.41, 5.74) is -1.98. The van der Waals surface area contributed by atoms with Gasteiger partial charge in [-0.15, -0.1) is 0 Å². The monoisotopic (exact) mass is 520 g/mol. The van der Waals surface area contributed by atoms with Crippen LogP contribution in [0.4, 0.5) is 0 Å². The second-order valence-corrected chi connectivity index (χ2v) is 15.1. The van der Waals surface area contributed by atoms with E-state index in [1.165, 1.54) is 6.92 Å². The number of rotatable bonds is 1. The van der Waals surface area contributed by atoms with Gasteiger partial charge in [-0.3, -0.25) is 4.79 Å². The van der Waals surface area contributed by atoms with Crippen LogP contribution in [0.15, 0.2) is 0 Å². The van der Waals surface area contributed by atoms with E-state index in [4.69, 9.17) is 14.2 Å². The summed E-state index contributed by atoms with van der Waals surface area (Å²) in [7, 11) is 0. The maximum absolute atomic E-state index is 12.2. The van der Waals surface area contributed by atoms with Gasteiger partial charge in [-0.25, -0.2) is 0 Å². The van der Waals surface area contributed by atoms with E-state index < -0.39 is 29.7 Å². The Morgan fingerprint density at radius 2 is 1.65 bits per heavy atom. The van der Waals surface area contributed by atoms with E-state index in [0.717, 1.165) is 19.3 Å². The predicted molar refractivity (Wildman–Crippen MR) is 136 cm³/mol. The molecule has 7 nitrogen and oxygen atoms in total. The summed E-state index contributed by atoms with van der Waals surface area (Å²) in [4.78, 5) is 11.8. The molecule has 210 valence electrons. The maximum Gasteiger partial charge on any atom is 0.302 e. The van der Waals surface area contributed by atoms with Crippen molar-refractivity contribution in [2.24, 2.45) is 46.3 Å². The van der Waals surface area contributed by atoms with E-state index in [0.29, 0.717) is 43.4 Å². The molecule has 0 aromatic rings. The highest BCUT2D eigenvalue weighted by atomic mass is 16.7. The summed E-state index contributed by atoms with van der Waals surface area (Å²) in [6, 6.07) is 0. The van der Waals surface area contributed by atoms with E-state index in [-0.39, 0.29) is 46.3 Å². The second-order valence-electron chi connectivity index (χ2n) is 15.1. The third-order valence-corrected chi connectivity index (χ3v) is 12.8. The highest BCUT2D eigenvalue weighted by Crippen LogP contribution is 2.72. The molecule has 6 fully saturated rings. The first-order valence-electron chi connectivity index (χ1n) is 14.7. The van der Waals surface area contributed by atoms with Crippen molar-refractivity contribution in [3.63, 3.8) is 0 Å². The molecule has 4 aliphatic carbocycles. The van der Waals surface area contributed by atoms with E-state index in [2.05, 4.69) is 34.6 Å². The molecule has 7 heteroatoms. The molecule has 2 heterocycles. The van der Waals surface area contributed by atoms with Crippen LogP contribution in [-0.4, -0.2) is 62.7 Å². The molecule has 2 saturated heterocycles. The molecular formula is C30H48O7. The first-order valence-corrected chi connectivity index (χ1v) is 14.7. The zero-order valence-corrected chi connectivity index (χ0v) is 23.7. The lowest BCUT2D eigenvalue weighted by atomic mass is 9.43. The van der Waals surface area contributed by atoms with Gasteiger partial charge in [0.2, 0.25) is 0 Å². The van der Waals surface area contributed by atoms with Crippen LogP contribution in [0.1, 0.15) is 93.4 Å². The van der Waals surface area contributed by atoms with E-state index >= 15 is 0 Å². The van der Waals surface area contributed by atoms with Crippen molar-refractivity contribution < 1.29 is 34.3 Å². The molecule has 4 saturated carbocycles. The first kappa shape index (κ1) is 26.5. The summed E-state index contributed by atoms with van der Waals surface area (Å²) < 4.78 is 18.9. The lowest BCUT2D eigenvalue weighted by molar-refractivity contribution is -0.300. The highest BCUT2D eigenvalue weighted by Gasteiger charge is 2.77. The molecule has 0 bridgehead atoms. The summed E-state index contributed by atoms with van der Waals surface area (Å²) in [6.45, 7) is 14.2. The number of aliphatic hydroxyl groups excluding tert-OH is 2. The molecule has 1 spiro atoms. The van der Waals surface area contributed by atoms with Crippen LogP contribution in [0.2, 0.25) is 0 Å². The normalized spacial score (nSPS) is 59.9. The van der Waals surface area contributed by atoms with Crippen molar-refractivity contribution in [3.05, 3.63) is 0 Å². The molecule has 14 atom stereocenters. The van der Waals surface area contributed by atoms with Crippen LogP contribution in [0.5, 0.6) is 0 Å². The summed E-state index contributed by atoms with van der Waals surface area (Å²) in [5, 5.41) is 34.9. The van der Waals surface area contributed by atoms with Crippen molar-refractivity contribution in [3.8, 4) is 0 Å². The fourth-order valence-corrected chi connectivity index (χ4v) is 11.0. The molecular weight excluding hydrogens is 472 g/mol. The van der Waals surface area contributed by atoms with Gasteiger partial charge in [0.25, 0.3) is 0 Å². The van der Waals surface area contributed by atoms with Crippen LogP contribution < -0.4 is 0 Å². The number of fused-ring (bicyclic) bond motifs is 7. The van der Waals surface area contributed by atoms with Crippen LogP contribution >= 0.6 is 0 Å². The first-order chi connectivity index (χ1) is 17.1. The lowest BCUT2D eigenvalue weighted by Crippen LogP contribution is -2.63. The minimum Gasteiger partial charge on any atom is -0.460 e. The van der Waals surface area contributed by atoms with Crippen LogP contribution in [0, 0.1) is 46.3 Å². The Hall–Kier alpha value is -0.730. The number of carbonyl (C=O) groups is 1. The topological polar surface area (TPSA) is 105 Å². The minimum atomic E-state index is -1.15. The van der Waals surface area contributed by atoms with Crippen molar-refractivity contribution >= 4 is 5.97 Å². The SMILES string of the molecule is CC(=O)O[C@@H]1C[C@@]2(C)[C@@H](CC[C@@H]3[C@@H]2[C@@H](O)C[C@@]2(C)[C@H]3C[C@H]3O[C@@]4(C[C@H](C)C(C)(C)O4)[C@](C)(O)[C@@H]32)C[C@@H]1O. The standard InChI is InChI=1S/C30H48O7/c1-15-12-30(37-26(15,3)4)29(7,34)25-22(36-30)11-19-18-9-8-17-10-20(32)23(35-16(2)31)14-27(17,5)24(18)21(33)13-28(19,25)6/h15,17-25,32-34H,8-14H2,1-7H3/t15-,17-,18-,19-,20-,21-,22+,23+,24+,25-,27-,28-,29+,30+/m0/s1. The third-order valence-electron chi connectivity index (χ3n) is 12.8. The van der Waals surface area contributed by atoms with Crippen LogP contribution in [0.25, 0.3) is 0 Å². The zero-order valence-electron chi connectivity index (χ0n) is 23.7. The average molecular weight is 521 g/mol.